The molecule has 3 aromatic rings. The predicted octanol–water partition coefficient (Wildman–Crippen LogP) is 3.99. The van der Waals surface area contributed by atoms with Crippen LogP contribution in [0.5, 0.6) is 23.0 Å². The number of benzene rings is 2. The summed E-state index contributed by atoms with van der Waals surface area (Å²) in [5, 5.41) is 12.1. The molecule has 0 radical (unpaired) electrons. The van der Waals surface area contributed by atoms with Crippen LogP contribution in [0.15, 0.2) is 66.4 Å². The van der Waals surface area contributed by atoms with Crippen LogP contribution in [0.2, 0.25) is 0 Å². The minimum Gasteiger partial charge on any atom is -0.497 e. The van der Waals surface area contributed by atoms with Crippen LogP contribution in [0.1, 0.15) is 11.4 Å². The van der Waals surface area contributed by atoms with Crippen LogP contribution in [0, 0.1) is 0 Å². The van der Waals surface area contributed by atoms with E-state index >= 15 is 0 Å². The third-order valence-corrected chi connectivity index (χ3v) is 5.93. The Balaban J connectivity index is 1.52. The van der Waals surface area contributed by atoms with Crippen LogP contribution in [0.25, 0.3) is 6.08 Å². The standard InChI is InChI=1S/C26H30N4O5S/c1-5-14-30-24(18-27-25(31)13-7-19-6-12-22(33-3)23(17-19)34-4)28-29-26(30)36-16-15-35-21-10-8-20(32-2)9-11-21/h5-13,17H,1,14-16,18H2,2-4H3,(H,27,31)/b13-7+. The summed E-state index contributed by atoms with van der Waals surface area (Å²) in [6.45, 7) is 5.08. The van der Waals surface area contributed by atoms with Gasteiger partial charge in [-0.25, -0.2) is 0 Å². The number of ether oxygens (including phenoxy) is 4. The fraction of sp³-hybridized carbons (Fsp3) is 0.269. The molecule has 36 heavy (non-hydrogen) atoms. The van der Waals surface area contributed by atoms with Gasteiger partial charge in [0.25, 0.3) is 0 Å². The summed E-state index contributed by atoms with van der Waals surface area (Å²) in [4.78, 5) is 12.4. The van der Waals surface area contributed by atoms with E-state index in [2.05, 4.69) is 22.1 Å². The molecule has 190 valence electrons. The summed E-state index contributed by atoms with van der Waals surface area (Å²) in [5.41, 5.74) is 0.813. The van der Waals surface area contributed by atoms with Crippen molar-refractivity contribution in [1.82, 2.24) is 20.1 Å². The molecule has 0 saturated heterocycles. The van der Waals surface area contributed by atoms with E-state index in [1.165, 1.54) is 17.8 Å². The highest BCUT2D eigenvalue weighted by Crippen LogP contribution is 2.28. The van der Waals surface area contributed by atoms with Gasteiger partial charge in [-0.05, 0) is 48.0 Å². The summed E-state index contributed by atoms with van der Waals surface area (Å²) in [7, 11) is 4.77. The number of allylic oxidation sites excluding steroid dienone is 1. The molecule has 0 atom stereocenters. The summed E-state index contributed by atoms with van der Waals surface area (Å²) < 4.78 is 23.4. The van der Waals surface area contributed by atoms with E-state index in [4.69, 9.17) is 18.9 Å². The molecule has 2 aromatic carbocycles. The van der Waals surface area contributed by atoms with E-state index < -0.39 is 0 Å². The van der Waals surface area contributed by atoms with Gasteiger partial charge in [0, 0.05) is 18.4 Å². The maximum atomic E-state index is 12.4. The molecule has 0 bridgehead atoms. The van der Waals surface area contributed by atoms with Gasteiger partial charge >= 0.3 is 0 Å². The Kier molecular flexibility index (Phi) is 10.3. The number of hydrogen-bond acceptors (Lipinski definition) is 8. The number of nitrogens with one attached hydrogen (secondary N) is 1. The highest BCUT2D eigenvalue weighted by molar-refractivity contribution is 7.99. The summed E-state index contributed by atoms with van der Waals surface area (Å²) in [5.74, 6) is 3.85. The van der Waals surface area contributed by atoms with Crippen molar-refractivity contribution in [3.05, 3.63) is 72.6 Å². The van der Waals surface area contributed by atoms with Crippen LogP contribution < -0.4 is 24.3 Å². The first-order chi connectivity index (χ1) is 17.6. The Bertz CT molecular complexity index is 1180. The number of nitrogens with zero attached hydrogens (tertiary/aromatic N) is 3. The zero-order chi connectivity index (χ0) is 25.8. The van der Waals surface area contributed by atoms with Crippen molar-refractivity contribution < 1.29 is 23.7 Å². The normalized spacial score (nSPS) is 10.8. The molecule has 0 spiro atoms. The van der Waals surface area contributed by atoms with E-state index in [1.54, 1.807) is 45.6 Å². The Morgan fingerprint density at radius 2 is 1.78 bits per heavy atom. The highest BCUT2D eigenvalue weighted by atomic mass is 32.2. The first-order valence-corrected chi connectivity index (χ1v) is 12.2. The lowest BCUT2D eigenvalue weighted by atomic mass is 10.2. The third kappa shape index (κ3) is 7.54. The number of hydrogen-bond donors (Lipinski definition) is 1. The average molecular weight is 511 g/mol. The second-order valence-corrected chi connectivity index (χ2v) is 8.40. The maximum absolute atomic E-state index is 12.4. The van der Waals surface area contributed by atoms with Gasteiger partial charge in [-0.2, -0.15) is 0 Å². The van der Waals surface area contributed by atoms with Gasteiger partial charge < -0.3 is 28.8 Å². The van der Waals surface area contributed by atoms with E-state index in [1.807, 2.05) is 34.9 Å². The van der Waals surface area contributed by atoms with Crippen LogP contribution >= 0.6 is 11.8 Å². The topological polar surface area (TPSA) is 96.7 Å². The first-order valence-electron chi connectivity index (χ1n) is 11.2. The Morgan fingerprint density at radius 1 is 1.03 bits per heavy atom. The summed E-state index contributed by atoms with van der Waals surface area (Å²) in [6.07, 6.45) is 4.93. The van der Waals surface area contributed by atoms with Gasteiger partial charge in [-0.3, -0.25) is 4.79 Å². The Morgan fingerprint density at radius 3 is 2.47 bits per heavy atom. The maximum Gasteiger partial charge on any atom is 0.244 e. The molecule has 0 fully saturated rings. The third-order valence-electron chi connectivity index (χ3n) is 5.00. The Hall–Kier alpha value is -3.92. The molecule has 0 unspecified atom stereocenters. The Labute approximate surface area is 215 Å². The molecule has 9 nitrogen and oxygen atoms in total. The number of aromatic nitrogens is 3. The van der Waals surface area contributed by atoms with E-state index in [-0.39, 0.29) is 12.5 Å². The molecule has 1 heterocycles. The molecule has 1 aromatic heterocycles. The van der Waals surface area contributed by atoms with Gasteiger partial charge in [-0.1, -0.05) is 23.9 Å². The second kappa shape index (κ2) is 13.8. The molecular weight excluding hydrogens is 480 g/mol. The van der Waals surface area contributed by atoms with E-state index in [9.17, 15) is 4.79 Å². The molecule has 1 amide bonds. The van der Waals surface area contributed by atoms with Gasteiger partial charge in [0.05, 0.1) is 34.5 Å². The van der Waals surface area contributed by atoms with Crippen molar-refractivity contribution in [3.8, 4) is 23.0 Å². The van der Waals surface area contributed by atoms with E-state index in [0.29, 0.717) is 36.2 Å². The minimum absolute atomic E-state index is 0.235. The lowest BCUT2D eigenvalue weighted by molar-refractivity contribution is -0.116. The molecule has 0 aliphatic heterocycles. The lowest BCUT2D eigenvalue weighted by Crippen LogP contribution is -2.22. The van der Waals surface area contributed by atoms with Gasteiger partial charge in [-0.15, -0.1) is 16.8 Å². The van der Waals surface area contributed by atoms with Crippen LogP contribution in [0.4, 0.5) is 0 Å². The molecule has 0 aliphatic carbocycles. The van der Waals surface area contributed by atoms with Crippen LogP contribution in [-0.2, 0) is 17.9 Å². The number of carbonyl (C=O) groups excluding carboxylic acids is 1. The fourth-order valence-electron chi connectivity index (χ4n) is 3.19. The fourth-order valence-corrected chi connectivity index (χ4v) is 3.97. The molecule has 0 saturated carbocycles. The average Bonchev–Trinajstić information content (AvgIpc) is 3.30. The van der Waals surface area contributed by atoms with Crippen LogP contribution in [-0.4, -0.2) is 54.4 Å². The van der Waals surface area contributed by atoms with Crippen LogP contribution in [0.3, 0.4) is 0 Å². The zero-order valence-corrected chi connectivity index (χ0v) is 21.4. The van der Waals surface area contributed by atoms with Crippen molar-refractivity contribution in [2.24, 2.45) is 0 Å². The number of carbonyl (C=O) groups is 1. The SMILES string of the molecule is C=CCn1c(CNC(=O)/C=C/c2ccc(OC)c(OC)c2)nnc1SCCOc1ccc(OC)cc1. The van der Waals surface area contributed by atoms with Crippen molar-refractivity contribution in [2.45, 2.75) is 18.2 Å². The highest BCUT2D eigenvalue weighted by Gasteiger charge is 2.12. The first kappa shape index (κ1) is 26.7. The minimum atomic E-state index is -0.250. The van der Waals surface area contributed by atoms with Crippen molar-refractivity contribution in [1.29, 1.82) is 0 Å². The van der Waals surface area contributed by atoms with Crippen molar-refractivity contribution >= 4 is 23.7 Å². The molecular formula is C26H30N4O5S. The van der Waals surface area contributed by atoms with Gasteiger partial charge in [0.15, 0.2) is 22.5 Å². The van der Waals surface area contributed by atoms with Gasteiger partial charge in [0.1, 0.15) is 11.5 Å². The number of thioether (sulfide) groups is 1. The molecule has 10 heteroatoms. The quantitative estimate of drug-likeness (QED) is 0.151. The van der Waals surface area contributed by atoms with Gasteiger partial charge in [0.2, 0.25) is 5.91 Å². The summed E-state index contributed by atoms with van der Waals surface area (Å²) >= 11 is 1.53. The largest absolute Gasteiger partial charge is 0.497 e. The summed E-state index contributed by atoms with van der Waals surface area (Å²) in [6, 6.07) is 12.9. The lowest BCUT2D eigenvalue weighted by Gasteiger charge is -2.09. The molecule has 1 N–H and O–H groups in total. The zero-order valence-electron chi connectivity index (χ0n) is 20.6. The number of amides is 1. The van der Waals surface area contributed by atoms with E-state index in [0.717, 1.165) is 22.2 Å². The van der Waals surface area contributed by atoms with Crippen molar-refractivity contribution in [2.75, 3.05) is 33.7 Å². The molecule has 3 rings (SSSR count). The monoisotopic (exact) mass is 510 g/mol. The van der Waals surface area contributed by atoms with Crippen molar-refractivity contribution in [3.63, 3.8) is 0 Å². The number of methoxy groups -OCH3 is 3. The second-order valence-electron chi connectivity index (χ2n) is 7.34. The molecule has 0 aliphatic rings. The smallest absolute Gasteiger partial charge is 0.244 e. The predicted molar refractivity (Wildman–Crippen MR) is 140 cm³/mol. The number of rotatable bonds is 14.